The number of benzene rings is 3. The molecule has 4 aromatic rings. The predicted molar refractivity (Wildman–Crippen MR) is 130 cm³/mol. The number of anilines is 2. The number of alkyl halides is 3. The Morgan fingerprint density at radius 1 is 1.13 bits per heavy atom. The van der Waals surface area contributed by atoms with Gasteiger partial charge in [0.2, 0.25) is 0 Å². The van der Waals surface area contributed by atoms with Crippen molar-refractivity contribution in [1.29, 1.82) is 0 Å². The molecule has 1 aliphatic heterocycles. The molecular weight excluding hydrogens is 535 g/mol. The summed E-state index contributed by atoms with van der Waals surface area (Å²) in [5, 5.41) is 0.396. The minimum absolute atomic E-state index is 0.0165. The highest BCUT2D eigenvalue weighted by Gasteiger charge is 2.34. The second kappa shape index (κ2) is 9.67. The lowest BCUT2D eigenvalue weighted by Crippen LogP contribution is -2.38. The Morgan fingerprint density at radius 2 is 1.87 bits per heavy atom. The highest BCUT2D eigenvalue weighted by molar-refractivity contribution is 6.33. The van der Waals surface area contributed by atoms with Crippen LogP contribution in [-0.2, 0) is 12.7 Å². The van der Waals surface area contributed by atoms with Crippen molar-refractivity contribution in [2.24, 2.45) is 0 Å². The summed E-state index contributed by atoms with van der Waals surface area (Å²) in [7, 11) is 0. The molecular formula is C25H18ClF5N4O3. The second-order valence-electron chi connectivity index (χ2n) is 8.22. The van der Waals surface area contributed by atoms with E-state index in [2.05, 4.69) is 10.4 Å². The number of para-hydroxylation sites is 1. The Labute approximate surface area is 217 Å². The number of carbonyl (C=O) groups is 1. The number of amides is 1. The Hall–Kier alpha value is -4.06. The van der Waals surface area contributed by atoms with E-state index in [0.29, 0.717) is 34.7 Å². The molecule has 1 amide bonds. The Balaban J connectivity index is 1.71. The molecule has 0 atom stereocenters. The Morgan fingerprint density at radius 3 is 2.55 bits per heavy atom. The van der Waals surface area contributed by atoms with Gasteiger partial charge in [0.15, 0.2) is 11.5 Å². The van der Waals surface area contributed by atoms with E-state index in [-0.39, 0.29) is 41.4 Å². The number of nitrogens with zero attached hydrogens (tertiary/aromatic N) is 3. The molecule has 198 valence electrons. The molecule has 3 aromatic carbocycles. The van der Waals surface area contributed by atoms with Crippen LogP contribution in [-0.4, -0.2) is 28.7 Å². The van der Waals surface area contributed by atoms with Crippen LogP contribution in [0, 0.1) is 11.6 Å². The van der Waals surface area contributed by atoms with Crippen LogP contribution in [0.1, 0.15) is 22.8 Å². The summed E-state index contributed by atoms with van der Waals surface area (Å²) in [4.78, 5) is 18.3. The van der Waals surface area contributed by atoms with E-state index in [1.807, 2.05) is 6.92 Å². The molecule has 0 fully saturated rings. The molecule has 7 nitrogen and oxygen atoms in total. The maximum absolute atomic E-state index is 14.7. The van der Waals surface area contributed by atoms with Gasteiger partial charge in [-0.1, -0.05) is 17.7 Å². The first-order valence-electron chi connectivity index (χ1n) is 11.3. The molecule has 1 aliphatic rings. The number of carbonyl (C=O) groups excluding carboxylic acids is 1. The first kappa shape index (κ1) is 25.6. The topological polar surface area (TPSA) is 68.6 Å². The largest absolute Gasteiger partial charge is 0.485 e. The third-order valence-corrected chi connectivity index (χ3v) is 6.13. The molecule has 0 radical (unpaired) electrons. The fourth-order valence-electron chi connectivity index (χ4n) is 4.08. The van der Waals surface area contributed by atoms with E-state index in [1.165, 1.54) is 24.5 Å². The van der Waals surface area contributed by atoms with Gasteiger partial charge >= 0.3 is 6.18 Å². The second-order valence-corrected chi connectivity index (χ2v) is 8.63. The lowest BCUT2D eigenvalue weighted by molar-refractivity contribution is -0.137. The van der Waals surface area contributed by atoms with Crippen LogP contribution in [0.5, 0.6) is 11.5 Å². The van der Waals surface area contributed by atoms with E-state index < -0.39 is 40.7 Å². The van der Waals surface area contributed by atoms with Crippen LogP contribution in [0.2, 0.25) is 5.02 Å². The van der Waals surface area contributed by atoms with Crippen molar-refractivity contribution in [3.8, 4) is 11.5 Å². The van der Waals surface area contributed by atoms with E-state index in [9.17, 15) is 26.7 Å². The third-order valence-electron chi connectivity index (χ3n) is 5.82. The van der Waals surface area contributed by atoms with Crippen LogP contribution in [0.25, 0.3) is 11.0 Å². The highest BCUT2D eigenvalue weighted by atomic mass is 35.5. The summed E-state index contributed by atoms with van der Waals surface area (Å²) in [5.41, 5.74) is 0.835. The number of halogens is 6. The van der Waals surface area contributed by atoms with Crippen molar-refractivity contribution in [2.45, 2.75) is 19.6 Å². The summed E-state index contributed by atoms with van der Waals surface area (Å²) >= 11 is 6.11. The van der Waals surface area contributed by atoms with Crippen molar-refractivity contribution < 1.29 is 36.2 Å². The summed E-state index contributed by atoms with van der Waals surface area (Å²) < 4.78 is 82.9. The number of fused-ring (bicyclic) bond motifs is 3. The minimum Gasteiger partial charge on any atom is -0.485 e. The molecule has 0 saturated heterocycles. The standard InChI is InChI=1S/C25H18ClF5N4O3/c1-2-34-12-32-19-11-16(22-23(21(19)34)38-7-6-37-22)24(36)35(33-20-17(26)4-3-5-18(20)28)15-9-13(25(29,30)31)8-14(27)10-15/h3-5,8-12,33H,2,6-7H2,1H3. The maximum Gasteiger partial charge on any atom is 0.416 e. The average Bonchev–Trinajstić information content (AvgIpc) is 3.30. The van der Waals surface area contributed by atoms with Crippen molar-refractivity contribution in [3.63, 3.8) is 0 Å². The SMILES string of the molecule is CCn1cnc2cc(C(=O)N(Nc3c(F)cccc3Cl)c3cc(F)cc(C(F)(F)F)c3)c3c(c21)OCCO3. The molecule has 0 bridgehead atoms. The van der Waals surface area contributed by atoms with Crippen LogP contribution in [0.15, 0.2) is 48.8 Å². The Bertz CT molecular complexity index is 1540. The van der Waals surface area contributed by atoms with Crippen molar-refractivity contribution in [2.75, 3.05) is 23.6 Å². The van der Waals surface area contributed by atoms with Gasteiger partial charge in [-0.25, -0.2) is 18.8 Å². The number of imidazole rings is 1. The van der Waals surface area contributed by atoms with Gasteiger partial charge in [-0.3, -0.25) is 10.2 Å². The summed E-state index contributed by atoms with van der Waals surface area (Å²) in [6.45, 7) is 2.68. The molecule has 0 aliphatic carbocycles. The number of ether oxygens (including phenoxy) is 2. The molecule has 0 spiro atoms. The quantitative estimate of drug-likeness (QED) is 0.228. The van der Waals surface area contributed by atoms with Gasteiger partial charge in [0, 0.05) is 6.54 Å². The number of aromatic nitrogens is 2. The number of aryl methyl sites for hydroxylation is 1. The zero-order valence-electron chi connectivity index (χ0n) is 19.6. The number of hydrogen-bond donors (Lipinski definition) is 1. The number of hydrogen-bond acceptors (Lipinski definition) is 5. The predicted octanol–water partition coefficient (Wildman–Crippen LogP) is 6.45. The number of rotatable bonds is 5. The van der Waals surface area contributed by atoms with Crippen LogP contribution < -0.4 is 19.9 Å². The third kappa shape index (κ3) is 4.55. The lowest BCUT2D eigenvalue weighted by atomic mass is 10.1. The van der Waals surface area contributed by atoms with E-state index >= 15 is 0 Å². The molecule has 5 rings (SSSR count). The summed E-state index contributed by atoms with van der Waals surface area (Å²) in [6, 6.07) is 6.55. The molecule has 1 N–H and O–H groups in total. The van der Waals surface area contributed by atoms with Gasteiger partial charge in [-0.15, -0.1) is 0 Å². The number of hydrazine groups is 1. The minimum atomic E-state index is -4.93. The zero-order valence-corrected chi connectivity index (χ0v) is 20.3. The van der Waals surface area contributed by atoms with Crippen LogP contribution in [0.4, 0.5) is 33.3 Å². The highest BCUT2D eigenvalue weighted by Crippen LogP contribution is 2.42. The van der Waals surface area contributed by atoms with Gasteiger partial charge < -0.3 is 14.0 Å². The zero-order chi connectivity index (χ0) is 27.2. The fraction of sp³-hybridized carbons (Fsp3) is 0.200. The average molecular weight is 553 g/mol. The molecule has 0 unspecified atom stereocenters. The Kier molecular flexibility index (Phi) is 6.51. The number of nitrogens with one attached hydrogen (secondary N) is 1. The molecule has 38 heavy (non-hydrogen) atoms. The van der Waals surface area contributed by atoms with E-state index in [0.717, 1.165) is 6.07 Å². The molecule has 2 heterocycles. The van der Waals surface area contributed by atoms with E-state index in [4.69, 9.17) is 21.1 Å². The van der Waals surface area contributed by atoms with Crippen molar-refractivity contribution in [3.05, 3.63) is 76.6 Å². The molecule has 13 heteroatoms. The first-order valence-corrected chi connectivity index (χ1v) is 11.7. The molecule has 0 saturated carbocycles. The monoisotopic (exact) mass is 552 g/mol. The van der Waals surface area contributed by atoms with E-state index in [1.54, 1.807) is 4.57 Å². The van der Waals surface area contributed by atoms with Crippen molar-refractivity contribution >= 4 is 39.9 Å². The normalized spacial score (nSPS) is 13.0. The van der Waals surface area contributed by atoms with Gasteiger partial charge in [0.25, 0.3) is 5.91 Å². The fourth-order valence-corrected chi connectivity index (χ4v) is 4.29. The van der Waals surface area contributed by atoms with Crippen LogP contribution >= 0.6 is 11.6 Å². The smallest absolute Gasteiger partial charge is 0.416 e. The maximum atomic E-state index is 14.7. The van der Waals surface area contributed by atoms with Gasteiger partial charge in [0.1, 0.15) is 36.1 Å². The molecule has 1 aromatic heterocycles. The van der Waals surface area contributed by atoms with Gasteiger partial charge in [0.05, 0.1) is 33.7 Å². The first-order chi connectivity index (χ1) is 18.1. The van der Waals surface area contributed by atoms with Gasteiger partial charge in [-0.2, -0.15) is 13.2 Å². The van der Waals surface area contributed by atoms with Crippen LogP contribution in [0.3, 0.4) is 0 Å². The van der Waals surface area contributed by atoms with Gasteiger partial charge in [-0.05, 0) is 43.3 Å². The lowest BCUT2D eigenvalue weighted by Gasteiger charge is -2.28. The summed E-state index contributed by atoms with van der Waals surface area (Å²) in [5.74, 6) is -2.94. The van der Waals surface area contributed by atoms with Crippen molar-refractivity contribution in [1.82, 2.24) is 9.55 Å². The summed E-state index contributed by atoms with van der Waals surface area (Å²) in [6.07, 6.45) is -3.39.